The minimum Gasteiger partial charge on any atom is -0.479 e. The van der Waals surface area contributed by atoms with Crippen molar-refractivity contribution in [1.29, 1.82) is 0 Å². The third-order valence-corrected chi connectivity index (χ3v) is 2.36. The molecule has 1 rings (SSSR count). The molecule has 0 saturated carbocycles. The van der Waals surface area contributed by atoms with Crippen molar-refractivity contribution in [3.05, 3.63) is 27.7 Å². The zero-order valence-electron chi connectivity index (χ0n) is 8.29. The van der Waals surface area contributed by atoms with E-state index < -0.39 is 12.1 Å². The summed E-state index contributed by atoms with van der Waals surface area (Å²) in [6.45, 7) is 1.61. The molecule has 1 atom stereocenters. The van der Waals surface area contributed by atoms with Crippen molar-refractivity contribution < 1.29 is 14.3 Å². The van der Waals surface area contributed by atoms with Crippen LogP contribution < -0.4 is 4.74 Å². The first kappa shape index (κ1) is 12.3. The Hall–Kier alpha value is -0.740. The van der Waals surface area contributed by atoms with Gasteiger partial charge in [-0.05, 0) is 25.1 Å². The Kier molecular flexibility index (Phi) is 4.42. The molecule has 1 unspecified atom stereocenters. The number of carbonyl (C=O) groups excluding carboxylic acids is 1. The van der Waals surface area contributed by atoms with Crippen molar-refractivity contribution in [2.75, 3.05) is 7.11 Å². The second-order valence-electron chi connectivity index (χ2n) is 2.89. The molecule has 0 aliphatic rings. The summed E-state index contributed by atoms with van der Waals surface area (Å²) in [4.78, 5) is 11.1. The molecular weight excluding hydrogens is 283 g/mol. The van der Waals surface area contributed by atoms with E-state index >= 15 is 0 Å². The Morgan fingerprint density at radius 2 is 2.13 bits per heavy atom. The minimum atomic E-state index is -0.652. The minimum absolute atomic E-state index is 0.425. The highest BCUT2D eigenvalue weighted by Crippen LogP contribution is 2.25. The molecule has 0 aromatic heterocycles. The Bertz CT molecular complexity index is 347. The molecule has 0 saturated heterocycles. The second kappa shape index (κ2) is 5.37. The van der Waals surface area contributed by atoms with E-state index in [0.717, 1.165) is 4.47 Å². The zero-order valence-corrected chi connectivity index (χ0v) is 10.6. The van der Waals surface area contributed by atoms with Crippen LogP contribution in [-0.2, 0) is 9.53 Å². The molecule has 1 aromatic carbocycles. The maximum absolute atomic E-state index is 11.1. The van der Waals surface area contributed by atoms with E-state index in [9.17, 15) is 4.79 Å². The molecule has 0 N–H and O–H groups in total. The highest BCUT2D eigenvalue weighted by Gasteiger charge is 2.14. The highest BCUT2D eigenvalue weighted by molar-refractivity contribution is 9.10. The van der Waals surface area contributed by atoms with Gasteiger partial charge < -0.3 is 9.47 Å². The largest absolute Gasteiger partial charge is 0.479 e. The van der Waals surface area contributed by atoms with Gasteiger partial charge in [-0.3, -0.25) is 0 Å². The average Bonchev–Trinajstić information content (AvgIpc) is 2.14. The predicted octanol–water partition coefficient (Wildman–Crippen LogP) is 3.04. The van der Waals surface area contributed by atoms with E-state index in [4.69, 9.17) is 16.3 Å². The summed E-state index contributed by atoms with van der Waals surface area (Å²) in [5, 5.41) is 0.538. The van der Waals surface area contributed by atoms with Gasteiger partial charge in [0.15, 0.2) is 6.10 Å². The highest BCUT2D eigenvalue weighted by atomic mass is 79.9. The Morgan fingerprint density at radius 3 is 2.67 bits per heavy atom. The average molecular weight is 294 g/mol. The standard InChI is InChI=1S/C10H10BrClO3/c1-6(10(13)14-2)15-9-4-7(11)3-8(12)5-9/h3-6H,1-2H3. The maximum Gasteiger partial charge on any atom is 0.346 e. The number of rotatable bonds is 3. The van der Waals surface area contributed by atoms with Crippen molar-refractivity contribution in [3.63, 3.8) is 0 Å². The Labute approximate surface area is 101 Å². The second-order valence-corrected chi connectivity index (χ2v) is 4.24. The first-order valence-corrected chi connectivity index (χ1v) is 5.40. The van der Waals surface area contributed by atoms with Crippen LogP contribution in [0.1, 0.15) is 6.92 Å². The lowest BCUT2D eigenvalue weighted by molar-refractivity contribution is -0.147. The maximum atomic E-state index is 11.1. The van der Waals surface area contributed by atoms with Crippen LogP contribution in [0.3, 0.4) is 0 Å². The number of esters is 1. The summed E-state index contributed by atoms with van der Waals surface area (Å²) in [6, 6.07) is 5.09. The van der Waals surface area contributed by atoms with Gasteiger partial charge >= 0.3 is 5.97 Å². The number of hydrogen-bond donors (Lipinski definition) is 0. The molecule has 82 valence electrons. The van der Waals surface area contributed by atoms with Crippen LogP contribution in [0.15, 0.2) is 22.7 Å². The summed E-state index contributed by atoms with van der Waals surface area (Å²) in [7, 11) is 1.32. The van der Waals surface area contributed by atoms with Crippen molar-refractivity contribution >= 4 is 33.5 Å². The fraction of sp³-hybridized carbons (Fsp3) is 0.300. The van der Waals surface area contributed by atoms with Gasteiger partial charge in [0.2, 0.25) is 0 Å². The van der Waals surface area contributed by atoms with E-state index in [1.165, 1.54) is 7.11 Å². The van der Waals surface area contributed by atoms with Crippen molar-refractivity contribution in [2.45, 2.75) is 13.0 Å². The molecule has 0 spiro atoms. The number of carbonyl (C=O) groups is 1. The smallest absolute Gasteiger partial charge is 0.346 e. The van der Waals surface area contributed by atoms with E-state index in [-0.39, 0.29) is 0 Å². The fourth-order valence-electron chi connectivity index (χ4n) is 1.01. The van der Waals surface area contributed by atoms with Crippen molar-refractivity contribution in [3.8, 4) is 5.75 Å². The third-order valence-electron chi connectivity index (χ3n) is 1.68. The molecule has 0 fully saturated rings. The van der Waals surface area contributed by atoms with Crippen LogP contribution >= 0.6 is 27.5 Å². The lowest BCUT2D eigenvalue weighted by Crippen LogP contribution is -2.24. The summed E-state index contributed by atoms with van der Waals surface area (Å²) >= 11 is 9.10. The summed E-state index contributed by atoms with van der Waals surface area (Å²) in [5.41, 5.74) is 0. The molecular formula is C10H10BrClO3. The van der Waals surface area contributed by atoms with Crippen LogP contribution in [0.2, 0.25) is 5.02 Å². The first-order valence-electron chi connectivity index (χ1n) is 4.23. The van der Waals surface area contributed by atoms with Crippen molar-refractivity contribution in [2.24, 2.45) is 0 Å². The van der Waals surface area contributed by atoms with Gasteiger partial charge in [0.25, 0.3) is 0 Å². The van der Waals surface area contributed by atoms with Crippen LogP contribution in [0.4, 0.5) is 0 Å². The fourth-order valence-corrected chi connectivity index (χ4v) is 1.84. The van der Waals surface area contributed by atoms with Crippen LogP contribution in [0.25, 0.3) is 0 Å². The lowest BCUT2D eigenvalue weighted by atomic mass is 10.3. The van der Waals surface area contributed by atoms with Gasteiger partial charge in [-0.2, -0.15) is 0 Å². The number of benzene rings is 1. The summed E-state index contributed by atoms with van der Waals surface area (Å²) in [5.74, 6) is 0.0957. The molecule has 0 aliphatic carbocycles. The van der Waals surface area contributed by atoms with Crippen LogP contribution in [-0.4, -0.2) is 19.2 Å². The first-order chi connectivity index (χ1) is 7.02. The molecule has 0 heterocycles. The predicted molar refractivity (Wildman–Crippen MR) is 61.3 cm³/mol. The number of halogens is 2. The lowest BCUT2D eigenvalue weighted by Gasteiger charge is -2.12. The SMILES string of the molecule is COC(=O)C(C)Oc1cc(Cl)cc(Br)c1. The Morgan fingerprint density at radius 1 is 1.47 bits per heavy atom. The van der Waals surface area contributed by atoms with Gasteiger partial charge in [0.1, 0.15) is 5.75 Å². The van der Waals surface area contributed by atoms with Crippen molar-refractivity contribution in [1.82, 2.24) is 0 Å². The quantitative estimate of drug-likeness (QED) is 0.804. The number of methoxy groups -OCH3 is 1. The molecule has 0 aliphatic heterocycles. The summed E-state index contributed by atoms with van der Waals surface area (Å²) < 4.78 is 10.7. The van der Waals surface area contributed by atoms with Crippen LogP contribution in [0, 0.1) is 0 Å². The van der Waals surface area contributed by atoms with Gasteiger partial charge in [-0.1, -0.05) is 27.5 Å². The molecule has 0 bridgehead atoms. The Balaban J connectivity index is 2.76. The third kappa shape index (κ3) is 3.72. The number of hydrogen-bond acceptors (Lipinski definition) is 3. The van der Waals surface area contributed by atoms with Crippen LogP contribution in [0.5, 0.6) is 5.75 Å². The van der Waals surface area contributed by atoms with Gasteiger partial charge in [-0.25, -0.2) is 4.79 Å². The topological polar surface area (TPSA) is 35.5 Å². The molecule has 1 aromatic rings. The van der Waals surface area contributed by atoms with Gasteiger partial charge in [0.05, 0.1) is 7.11 Å². The number of ether oxygens (including phenoxy) is 2. The monoisotopic (exact) mass is 292 g/mol. The zero-order chi connectivity index (χ0) is 11.4. The molecule has 5 heteroatoms. The van der Waals surface area contributed by atoms with E-state index in [0.29, 0.717) is 10.8 Å². The molecule has 15 heavy (non-hydrogen) atoms. The van der Waals surface area contributed by atoms with E-state index in [2.05, 4.69) is 20.7 Å². The van der Waals surface area contributed by atoms with E-state index in [1.54, 1.807) is 25.1 Å². The van der Waals surface area contributed by atoms with E-state index in [1.807, 2.05) is 0 Å². The molecule has 0 radical (unpaired) electrons. The summed E-state index contributed by atoms with van der Waals surface area (Å²) in [6.07, 6.45) is -0.652. The molecule has 3 nitrogen and oxygen atoms in total. The normalized spacial score (nSPS) is 12.0. The van der Waals surface area contributed by atoms with Gasteiger partial charge in [0, 0.05) is 9.50 Å². The molecule has 0 amide bonds. The van der Waals surface area contributed by atoms with Gasteiger partial charge in [-0.15, -0.1) is 0 Å².